The summed E-state index contributed by atoms with van der Waals surface area (Å²) in [6.07, 6.45) is 1.75. The van der Waals surface area contributed by atoms with Crippen LogP contribution in [0.5, 0.6) is 5.75 Å². The lowest BCUT2D eigenvalue weighted by Gasteiger charge is -2.25. The van der Waals surface area contributed by atoms with Crippen LogP contribution in [0.4, 0.5) is 0 Å². The molecule has 1 N–H and O–H groups in total. The van der Waals surface area contributed by atoms with Crippen molar-refractivity contribution in [2.45, 2.75) is 19.9 Å². The van der Waals surface area contributed by atoms with E-state index in [1.807, 2.05) is 28.7 Å². The fraction of sp³-hybridized carbons (Fsp3) is 0.174. The number of aromatic nitrogens is 1. The Morgan fingerprint density at radius 3 is 2.78 bits per heavy atom. The fourth-order valence-corrected chi connectivity index (χ4v) is 5.37. The number of carbonyl (C=O) groups is 1. The molecule has 32 heavy (non-hydrogen) atoms. The number of thiazole rings is 1. The second-order valence-electron chi connectivity index (χ2n) is 7.03. The number of halogens is 2. The number of carbonyl (C=O) groups excluding carboxylic acids is 1. The van der Waals surface area contributed by atoms with Gasteiger partial charge < -0.3 is 9.84 Å². The number of esters is 1. The molecular weight excluding hydrogens is 563 g/mol. The van der Waals surface area contributed by atoms with Crippen LogP contribution in [0.25, 0.3) is 6.08 Å². The zero-order valence-corrected chi connectivity index (χ0v) is 20.9. The molecule has 2 aromatic carbocycles. The molecule has 0 aliphatic carbocycles. The van der Waals surface area contributed by atoms with Crippen molar-refractivity contribution < 1.29 is 14.6 Å². The Balaban J connectivity index is 1.98. The van der Waals surface area contributed by atoms with E-state index in [-0.39, 0.29) is 23.5 Å². The Kier molecular flexibility index (Phi) is 6.55. The van der Waals surface area contributed by atoms with E-state index in [4.69, 9.17) is 16.3 Å². The molecule has 0 bridgehead atoms. The molecule has 0 saturated heterocycles. The quantitative estimate of drug-likeness (QED) is 0.377. The van der Waals surface area contributed by atoms with Crippen molar-refractivity contribution >= 4 is 57.6 Å². The number of hydrogen-bond acceptors (Lipinski definition) is 6. The van der Waals surface area contributed by atoms with Gasteiger partial charge in [0.15, 0.2) is 4.80 Å². The number of fused-ring (bicyclic) bond motifs is 1. The second kappa shape index (κ2) is 9.21. The number of ether oxygens (including phenoxy) is 1. The first-order chi connectivity index (χ1) is 15.3. The summed E-state index contributed by atoms with van der Waals surface area (Å²) in [7, 11) is 0. The van der Waals surface area contributed by atoms with Crippen molar-refractivity contribution in [1.82, 2.24) is 4.57 Å². The number of phenolic OH excluding ortho intramolecular Hbond substituents is 1. The van der Waals surface area contributed by atoms with Crippen LogP contribution in [0.2, 0.25) is 5.02 Å². The molecule has 9 heteroatoms. The maximum absolute atomic E-state index is 13.5. The summed E-state index contributed by atoms with van der Waals surface area (Å²) in [6, 6.07) is 11.5. The maximum Gasteiger partial charge on any atom is 0.338 e. The summed E-state index contributed by atoms with van der Waals surface area (Å²) in [5.74, 6) is -0.348. The molecule has 0 saturated carbocycles. The minimum absolute atomic E-state index is 0.178. The summed E-state index contributed by atoms with van der Waals surface area (Å²) in [5, 5.41) is 10.2. The minimum atomic E-state index is -0.749. The molecule has 3 aromatic rings. The molecule has 2 heterocycles. The molecule has 1 aromatic heterocycles. The highest BCUT2D eigenvalue weighted by atomic mass is 127. The van der Waals surface area contributed by atoms with Crippen LogP contribution < -0.4 is 14.9 Å². The monoisotopic (exact) mass is 580 g/mol. The maximum atomic E-state index is 13.5. The fourth-order valence-electron chi connectivity index (χ4n) is 3.55. The normalized spacial score (nSPS) is 16.0. The van der Waals surface area contributed by atoms with E-state index in [1.165, 1.54) is 15.9 Å². The van der Waals surface area contributed by atoms with E-state index in [9.17, 15) is 14.7 Å². The third-order valence-electron chi connectivity index (χ3n) is 4.99. The highest BCUT2D eigenvalue weighted by molar-refractivity contribution is 14.1. The minimum Gasteiger partial charge on any atom is -0.507 e. The first-order valence-corrected chi connectivity index (χ1v) is 12.0. The number of aromatic hydroxyl groups is 1. The van der Waals surface area contributed by atoms with Crippen molar-refractivity contribution in [3.8, 4) is 5.75 Å². The van der Waals surface area contributed by atoms with Gasteiger partial charge in [-0.25, -0.2) is 9.79 Å². The smallest absolute Gasteiger partial charge is 0.338 e. The van der Waals surface area contributed by atoms with E-state index >= 15 is 0 Å². The highest BCUT2D eigenvalue weighted by Gasteiger charge is 2.34. The van der Waals surface area contributed by atoms with Gasteiger partial charge in [-0.2, -0.15) is 0 Å². The lowest BCUT2D eigenvalue weighted by atomic mass is 9.96. The molecular formula is C23H18ClIN2O4S. The molecule has 6 nitrogen and oxygen atoms in total. The Labute approximate surface area is 206 Å². The summed E-state index contributed by atoms with van der Waals surface area (Å²) in [5.41, 5.74) is 1.89. The predicted molar refractivity (Wildman–Crippen MR) is 133 cm³/mol. The Hall–Kier alpha value is -2.43. The molecule has 1 aliphatic heterocycles. The summed E-state index contributed by atoms with van der Waals surface area (Å²) < 4.78 is 7.92. The number of hydrogen-bond donors (Lipinski definition) is 1. The van der Waals surface area contributed by atoms with Gasteiger partial charge in [0.1, 0.15) is 11.8 Å². The van der Waals surface area contributed by atoms with Crippen LogP contribution >= 0.6 is 45.5 Å². The number of rotatable bonds is 4. The van der Waals surface area contributed by atoms with Crippen LogP contribution in [0.1, 0.15) is 31.0 Å². The number of nitrogens with zero attached hydrogens (tertiary/aromatic N) is 2. The average molecular weight is 581 g/mol. The standard InChI is InChI=1S/C23H18ClIN2O4S/c1-3-31-22(30)19-12(2)26-23-27(20(19)14-6-4-5-7-15(14)24)21(29)18(32-23)11-13-8-9-17(28)16(25)10-13/h4-11,20,28H,3H2,1-2H3/b18-11+. The number of phenols is 1. The first-order valence-electron chi connectivity index (χ1n) is 9.74. The summed E-state index contributed by atoms with van der Waals surface area (Å²) in [6.45, 7) is 3.66. The largest absolute Gasteiger partial charge is 0.507 e. The van der Waals surface area contributed by atoms with Gasteiger partial charge in [0, 0.05) is 5.02 Å². The van der Waals surface area contributed by atoms with E-state index in [0.29, 0.717) is 29.2 Å². The molecule has 0 fully saturated rings. The van der Waals surface area contributed by atoms with E-state index < -0.39 is 12.0 Å². The SMILES string of the molecule is CCOC(=O)C1=C(C)N=c2s/c(=C/c3ccc(O)c(I)c3)c(=O)n2C1c1ccccc1Cl. The Bertz CT molecular complexity index is 1440. The molecule has 0 radical (unpaired) electrons. The third-order valence-corrected chi connectivity index (χ3v) is 7.18. The highest BCUT2D eigenvalue weighted by Crippen LogP contribution is 2.34. The van der Waals surface area contributed by atoms with Crippen molar-refractivity contribution in [3.63, 3.8) is 0 Å². The molecule has 4 rings (SSSR count). The van der Waals surface area contributed by atoms with Gasteiger partial charge in [-0.3, -0.25) is 9.36 Å². The van der Waals surface area contributed by atoms with E-state index in [0.717, 1.165) is 5.56 Å². The van der Waals surface area contributed by atoms with Crippen LogP contribution in [-0.2, 0) is 9.53 Å². The van der Waals surface area contributed by atoms with Gasteiger partial charge in [0.05, 0.1) is 26.0 Å². The van der Waals surface area contributed by atoms with Gasteiger partial charge in [-0.1, -0.05) is 47.2 Å². The molecule has 1 aliphatic rings. The van der Waals surface area contributed by atoms with Crippen LogP contribution in [0, 0.1) is 3.57 Å². The molecule has 1 unspecified atom stereocenters. The lowest BCUT2D eigenvalue weighted by molar-refractivity contribution is -0.139. The lowest BCUT2D eigenvalue weighted by Crippen LogP contribution is -2.40. The van der Waals surface area contributed by atoms with Gasteiger partial charge >= 0.3 is 5.97 Å². The van der Waals surface area contributed by atoms with Gasteiger partial charge in [0.2, 0.25) is 0 Å². The second-order valence-corrected chi connectivity index (χ2v) is 9.61. The topological polar surface area (TPSA) is 80.9 Å². The molecule has 164 valence electrons. The Morgan fingerprint density at radius 1 is 1.34 bits per heavy atom. The zero-order valence-electron chi connectivity index (χ0n) is 17.1. The van der Waals surface area contributed by atoms with Crippen LogP contribution in [0.3, 0.4) is 0 Å². The predicted octanol–water partition coefficient (Wildman–Crippen LogP) is 3.76. The van der Waals surface area contributed by atoms with Crippen LogP contribution in [0.15, 0.2) is 63.5 Å². The van der Waals surface area contributed by atoms with Crippen molar-refractivity contribution in [3.05, 3.63) is 93.1 Å². The van der Waals surface area contributed by atoms with Gasteiger partial charge in [0.25, 0.3) is 5.56 Å². The number of benzene rings is 2. The summed E-state index contributed by atoms with van der Waals surface area (Å²) >= 11 is 9.76. The van der Waals surface area contributed by atoms with Crippen molar-refractivity contribution in [2.24, 2.45) is 4.99 Å². The summed E-state index contributed by atoms with van der Waals surface area (Å²) in [4.78, 5) is 31.4. The molecule has 0 spiro atoms. The van der Waals surface area contributed by atoms with Gasteiger partial charge in [-0.05, 0) is 71.8 Å². The average Bonchev–Trinajstić information content (AvgIpc) is 3.05. The Morgan fingerprint density at radius 2 is 2.09 bits per heavy atom. The number of allylic oxidation sites excluding steroid dienone is 1. The van der Waals surface area contributed by atoms with E-state index in [1.54, 1.807) is 56.3 Å². The van der Waals surface area contributed by atoms with Gasteiger partial charge in [-0.15, -0.1) is 0 Å². The molecule has 0 amide bonds. The third kappa shape index (κ3) is 4.14. The van der Waals surface area contributed by atoms with Crippen molar-refractivity contribution in [2.75, 3.05) is 6.61 Å². The first kappa shape index (κ1) is 22.8. The van der Waals surface area contributed by atoms with Crippen LogP contribution in [-0.4, -0.2) is 22.2 Å². The van der Waals surface area contributed by atoms with Crippen molar-refractivity contribution in [1.29, 1.82) is 0 Å². The molecule has 1 atom stereocenters. The zero-order chi connectivity index (χ0) is 23.0. The van der Waals surface area contributed by atoms with E-state index in [2.05, 4.69) is 4.99 Å².